The molecule has 1 nitrogen and oxygen atoms in total. The second-order valence-corrected chi connectivity index (χ2v) is 5.87. The molecule has 1 aromatic rings. The Balaban J connectivity index is 1.94. The molecule has 2 heteroatoms. The molecule has 1 saturated carbocycles. The largest absolute Gasteiger partial charge is 0.390 e. The van der Waals surface area contributed by atoms with Gasteiger partial charge in [-0.25, -0.2) is 0 Å². The van der Waals surface area contributed by atoms with Crippen LogP contribution in [0.15, 0.2) is 16.8 Å². The molecule has 0 aromatic carbocycles. The maximum atomic E-state index is 10.7. The van der Waals surface area contributed by atoms with Crippen molar-refractivity contribution in [2.75, 3.05) is 0 Å². The zero-order valence-corrected chi connectivity index (χ0v) is 10.9. The van der Waals surface area contributed by atoms with Gasteiger partial charge in [-0.3, -0.25) is 0 Å². The minimum atomic E-state index is -0.380. The van der Waals surface area contributed by atoms with Gasteiger partial charge in [0.2, 0.25) is 0 Å². The van der Waals surface area contributed by atoms with Gasteiger partial charge in [0, 0.05) is 0 Å². The van der Waals surface area contributed by atoms with Gasteiger partial charge in [-0.05, 0) is 54.0 Å². The summed E-state index contributed by atoms with van der Waals surface area (Å²) in [5.41, 5.74) is 1.01. The van der Waals surface area contributed by atoms with Crippen LogP contribution in [0.3, 0.4) is 0 Å². The van der Waals surface area contributed by atoms with Crippen LogP contribution in [0.25, 0.3) is 0 Å². The normalized spacial score (nSPS) is 30.5. The molecule has 90 valence electrons. The summed E-state index contributed by atoms with van der Waals surface area (Å²) in [4.78, 5) is 0. The Kier molecular flexibility index (Phi) is 4.04. The lowest BCUT2D eigenvalue weighted by molar-refractivity contribution is -0.0559. The van der Waals surface area contributed by atoms with Crippen molar-refractivity contribution in [2.24, 2.45) is 5.92 Å². The Hall–Kier alpha value is -0.340. The van der Waals surface area contributed by atoms with Gasteiger partial charge in [-0.15, -0.1) is 0 Å². The fraction of sp³-hybridized carbons (Fsp3) is 0.714. The van der Waals surface area contributed by atoms with E-state index in [0.29, 0.717) is 5.92 Å². The molecule has 1 aliphatic carbocycles. The molecule has 1 aliphatic rings. The molecule has 0 saturated heterocycles. The Morgan fingerprint density at radius 2 is 2.38 bits per heavy atom. The lowest BCUT2D eigenvalue weighted by Crippen LogP contribution is -2.40. The first-order valence-electron chi connectivity index (χ1n) is 6.48. The summed E-state index contributed by atoms with van der Waals surface area (Å²) >= 11 is 1.75. The van der Waals surface area contributed by atoms with Crippen molar-refractivity contribution in [1.29, 1.82) is 0 Å². The lowest BCUT2D eigenvalue weighted by Gasteiger charge is -2.40. The highest BCUT2D eigenvalue weighted by Gasteiger charge is 2.36. The predicted molar refractivity (Wildman–Crippen MR) is 69.8 cm³/mol. The standard InChI is InChI=1S/C14H22OS/c1-2-13-5-3-4-8-14(13,15)9-6-12-7-10-16-11-12/h7,10-11,13,15H,2-6,8-9H2,1H3. The molecule has 2 rings (SSSR count). The molecule has 0 amide bonds. The number of aliphatic hydroxyl groups is 1. The second-order valence-electron chi connectivity index (χ2n) is 5.09. The van der Waals surface area contributed by atoms with E-state index in [2.05, 4.69) is 23.8 Å². The van der Waals surface area contributed by atoms with E-state index in [0.717, 1.165) is 25.7 Å². The zero-order chi connectivity index (χ0) is 11.4. The minimum Gasteiger partial charge on any atom is -0.390 e. The Labute approximate surface area is 103 Å². The molecule has 1 fully saturated rings. The molecule has 16 heavy (non-hydrogen) atoms. The highest BCUT2D eigenvalue weighted by molar-refractivity contribution is 7.07. The predicted octanol–water partition coefficient (Wildman–Crippen LogP) is 4.01. The Morgan fingerprint density at radius 3 is 3.06 bits per heavy atom. The first-order chi connectivity index (χ1) is 7.74. The van der Waals surface area contributed by atoms with Crippen molar-refractivity contribution in [3.05, 3.63) is 22.4 Å². The maximum Gasteiger partial charge on any atom is 0.0678 e. The minimum absolute atomic E-state index is 0.380. The third-order valence-corrected chi connectivity index (χ3v) is 4.82. The van der Waals surface area contributed by atoms with Crippen LogP contribution < -0.4 is 0 Å². The van der Waals surface area contributed by atoms with Crippen molar-refractivity contribution in [3.63, 3.8) is 0 Å². The Morgan fingerprint density at radius 1 is 1.50 bits per heavy atom. The highest BCUT2D eigenvalue weighted by atomic mass is 32.1. The number of rotatable bonds is 4. The summed E-state index contributed by atoms with van der Waals surface area (Å²) in [5, 5.41) is 15.1. The average molecular weight is 238 g/mol. The number of hydrogen-bond acceptors (Lipinski definition) is 2. The van der Waals surface area contributed by atoms with Crippen LogP contribution in [0.2, 0.25) is 0 Å². The molecule has 1 heterocycles. The first-order valence-corrected chi connectivity index (χ1v) is 7.42. The van der Waals surface area contributed by atoms with E-state index in [1.165, 1.54) is 24.8 Å². The molecule has 0 radical (unpaired) electrons. The van der Waals surface area contributed by atoms with Crippen LogP contribution >= 0.6 is 11.3 Å². The van der Waals surface area contributed by atoms with Gasteiger partial charge in [0.15, 0.2) is 0 Å². The maximum absolute atomic E-state index is 10.7. The third kappa shape index (κ3) is 2.67. The van der Waals surface area contributed by atoms with E-state index in [9.17, 15) is 5.11 Å². The van der Waals surface area contributed by atoms with Gasteiger partial charge >= 0.3 is 0 Å². The van der Waals surface area contributed by atoms with Crippen LogP contribution in [0.1, 0.15) is 51.0 Å². The lowest BCUT2D eigenvalue weighted by atomic mass is 9.71. The monoisotopic (exact) mass is 238 g/mol. The molecule has 2 unspecified atom stereocenters. The van der Waals surface area contributed by atoms with Crippen molar-refractivity contribution in [2.45, 2.75) is 57.5 Å². The molecular formula is C14H22OS. The van der Waals surface area contributed by atoms with Crippen molar-refractivity contribution >= 4 is 11.3 Å². The highest BCUT2D eigenvalue weighted by Crippen LogP contribution is 2.38. The first kappa shape index (κ1) is 12.1. The topological polar surface area (TPSA) is 20.2 Å². The van der Waals surface area contributed by atoms with Crippen molar-refractivity contribution in [1.82, 2.24) is 0 Å². The molecule has 0 bridgehead atoms. The summed E-state index contributed by atoms with van der Waals surface area (Å²) < 4.78 is 0. The SMILES string of the molecule is CCC1CCCCC1(O)CCc1ccsc1. The zero-order valence-electron chi connectivity index (χ0n) is 10.1. The van der Waals surface area contributed by atoms with Gasteiger partial charge in [0.25, 0.3) is 0 Å². The van der Waals surface area contributed by atoms with Gasteiger partial charge in [0.1, 0.15) is 0 Å². The van der Waals surface area contributed by atoms with Gasteiger partial charge in [0.05, 0.1) is 5.60 Å². The quantitative estimate of drug-likeness (QED) is 0.840. The van der Waals surface area contributed by atoms with Crippen LogP contribution in [0.5, 0.6) is 0 Å². The van der Waals surface area contributed by atoms with Crippen LogP contribution in [0.4, 0.5) is 0 Å². The number of aryl methyl sites for hydroxylation is 1. The van der Waals surface area contributed by atoms with Gasteiger partial charge < -0.3 is 5.11 Å². The Bertz CT molecular complexity index is 307. The van der Waals surface area contributed by atoms with E-state index in [-0.39, 0.29) is 5.60 Å². The fourth-order valence-electron chi connectivity index (χ4n) is 3.00. The number of thiophene rings is 1. The molecule has 1 N–H and O–H groups in total. The number of hydrogen-bond donors (Lipinski definition) is 1. The molecule has 1 aromatic heterocycles. The molecular weight excluding hydrogens is 216 g/mol. The average Bonchev–Trinajstić information content (AvgIpc) is 2.80. The van der Waals surface area contributed by atoms with Crippen LogP contribution in [-0.4, -0.2) is 10.7 Å². The summed E-state index contributed by atoms with van der Waals surface area (Å²) in [5.74, 6) is 0.528. The third-order valence-electron chi connectivity index (χ3n) is 4.09. The molecule has 0 aliphatic heterocycles. The smallest absolute Gasteiger partial charge is 0.0678 e. The van der Waals surface area contributed by atoms with Crippen LogP contribution in [-0.2, 0) is 6.42 Å². The van der Waals surface area contributed by atoms with E-state index in [4.69, 9.17) is 0 Å². The fourth-order valence-corrected chi connectivity index (χ4v) is 3.71. The van der Waals surface area contributed by atoms with E-state index >= 15 is 0 Å². The van der Waals surface area contributed by atoms with E-state index in [1.54, 1.807) is 11.3 Å². The van der Waals surface area contributed by atoms with E-state index < -0.39 is 0 Å². The van der Waals surface area contributed by atoms with Crippen LogP contribution in [0, 0.1) is 5.92 Å². The van der Waals surface area contributed by atoms with E-state index in [1.807, 2.05) is 0 Å². The molecule has 0 spiro atoms. The molecule has 2 atom stereocenters. The van der Waals surface area contributed by atoms with Crippen molar-refractivity contribution < 1.29 is 5.11 Å². The van der Waals surface area contributed by atoms with Gasteiger partial charge in [-0.2, -0.15) is 11.3 Å². The summed E-state index contributed by atoms with van der Waals surface area (Å²) in [6.45, 7) is 2.21. The summed E-state index contributed by atoms with van der Waals surface area (Å²) in [6, 6.07) is 2.18. The summed E-state index contributed by atoms with van der Waals surface area (Å²) in [6.07, 6.45) is 7.85. The summed E-state index contributed by atoms with van der Waals surface area (Å²) in [7, 11) is 0. The van der Waals surface area contributed by atoms with Gasteiger partial charge in [-0.1, -0.05) is 26.2 Å². The second kappa shape index (κ2) is 5.33. The van der Waals surface area contributed by atoms with Crippen molar-refractivity contribution in [3.8, 4) is 0 Å².